The fraction of sp³-hybridized carbons (Fsp3) is 0.316. The van der Waals surface area contributed by atoms with E-state index in [1.165, 1.54) is 12.1 Å². The molecule has 2 aromatic carbocycles. The molecular weight excluding hydrogens is 384 g/mol. The minimum atomic E-state index is -4.00. The number of hydrogen-bond acceptors (Lipinski definition) is 5. The van der Waals surface area contributed by atoms with Crippen molar-refractivity contribution in [2.45, 2.75) is 33.1 Å². The van der Waals surface area contributed by atoms with Gasteiger partial charge in [0.1, 0.15) is 11.4 Å². The summed E-state index contributed by atoms with van der Waals surface area (Å²) >= 11 is 0. The van der Waals surface area contributed by atoms with Crippen LogP contribution in [0.25, 0.3) is 10.8 Å². The van der Waals surface area contributed by atoms with Gasteiger partial charge in [0.2, 0.25) is 5.88 Å². The molecule has 1 heterocycles. The molecule has 0 unspecified atom stereocenters. The van der Waals surface area contributed by atoms with E-state index in [1.807, 2.05) is 22.9 Å². The second-order valence-corrected chi connectivity index (χ2v) is 9.03. The largest absolute Gasteiger partial charge is 0.506 e. The van der Waals surface area contributed by atoms with Crippen LogP contribution in [-0.4, -0.2) is 29.7 Å². The molecule has 0 atom stereocenters. The third-order valence-corrected chi connectivity index (χ3v) is 6.10. The fourth-order valence-electron chi connectivity index (χ4n) is 3.08. The highest BCUT2D eigenvalue weighted by atomic mass is 32.2. The van der Waals surface area contributed by atoms with Crippen molar-refractivity contribution in [1.82, 2.24) is 4.72 Å². The lowest BCUT2D eigenvalue weighted by molar-refractivity contribution is -0.147. The normalized spacial score (nSPS) is 16.1. The van der Waals surface area contributed by atoms with Crippen LogP contribution in [0.2, 0.25) is 0 Å². The molecule has 3 rings (SSSR count). The summed E-state index contributed by atoms with van der Waals surface area (Å²) in [5.74, 6) is -1.60. The summed E-state index contributed by atoms with van der Waals surface area (Å²) < 4.78 is 26.8. The molecule has 4 N–H and O–H groups in total. The van der Waals surface area contributed by atoms with Gasteiger partial charge in [-0.15, -0.1) is 0 Å². The van der Waals surface area contributed by atoms with Gasteiger partial charge in [0, 0.05) is 0 Å². The van der Waals surface area contributed by atoms with E-state index in [0.717, 1.165) is 26.8 Å². The molecule has 0 bridgehead atoms. The highest BCUT2D eigenvalue weighted by Gasteiger charge is 2.31. The smallest absolute Gasteiger partial charge is 0.330 e. The number of fused-ring (bicyclic) bond motifs is 1. The first-order valence-electron chi connectivity index (χ1n) is 8.72. The number of nitrogens with zero attached hydrogens (tertiary/aromatic N) is 1. The Bertz CT molecular complexity index is 1080. The molecule has 150 valence electrons. The minimum absolute atomic E-state index is 0.0215. The van der Waals surface area contributed by atoms with Gasteiger partial charge in [-0.3, -0.25) is 4.79 Å². The maximum Gasteiger partial charge on any atom is 0.330 e. The van der Waals surface area contributed by atoms with Crippen LogP contribution >= 0.6 is 0 Å². The monoisotopic (exact) mass is 406 g/mol. The number of phenolic OH excluding ortho intramolecular Hbond substituents is 1. The van der Waals surface area contributed by atoms with Crippen molar-refractivity contribution in [2.75, 3.05) is 4.31 Å². The van der Waals surface area contributed by atoms with Crippen LogP contribution in [0, 0.1) is 5.41 Å². The summed E-state index contributed by atoms with van der Waals surface area (Å²) in [7, 11) is -4.00. The van der Waals surface area contributed by atoms with Gasteiger partial charge in [-0.1, -0.05) is 18.2 Å². The third-order valence-electron chi connectivity index (χ3n) is 4.81. The van der Waals surface area contributed by atoms with Gasteiger partial charge in [0.15, 0.2) is 0 Å². The predicted molar refractivity (Wildman–Crippen MR) is 105 cm³/mol. The molecule has 0 radical (unpaired) electrons. The molecule has 8 nitrogen and oxygen atoms in total. The molecule has 0 saturated carbocycles. The SMILES string of the molecule is CC(C)(CCCc1ccc2cc(O)c(N3C=C(O)NS3(=O)=O)cc2c1)C(=O)O. The summed E-state index contributed by atoms with van der Waals surface area (Å²) in [5.41, 5.74) is 0.209. The van der Waals surface area contributed by atoms with Crippen LogP contribution in [0.15, 0.2) is 42.4 Å². The van der Waals surface area contributed by atoms with E-state index in [4.69, 9.17) is 0 Å². The Labute approximate surface area is 162 Å². The van der Waals surface area contributed by atoms with Crippen molar-refractivity contribution >= 4 is 32.6 Å². The zero-order chi connectivity index (χ0) is 20.7. The number of hydrogen-bond donors (Lipinski definition) is 4. The minimum Gasteiger partial charge on any atom is -0.506 e. The Morgan fingerprint density at radius 3 is 2.46 bits per heavy atom. The lowest BCUT2D eigenvalue weighted by Gasteiger charge is -2.19. The third kappa shape index (κ3) is 3.84. The number of aromatic hydroxyl groups is 1. The summed E-state index contributed by atoms with van der Waals surface area (Å²) in [6.45, 7) is 3.39. The Morgan fingerprint density at radius 1 is 1.14 bits per heavy atom. The van der Waals surface area contributed by atoms with Crippen molar-refractivity contribution in [1.29, 1.82) is 0 Å². The van der Waals surface area contributed by atoms with Crippen molar-refractivity contribution < 1.29 is 28.5 Å². The van der Waals surface area contributed by atoms with Crippen LogP contribution < -0.4 is 9.03 Å². The topological polar surface area (TPSA) is 127 Å². The zero-order valence-corrected chi connectivity index (χ0v) is 16.3. The molecule has 9 heteroatoms. The van der Waals surface area contributed by atoms with Crippen molar-refractivity contribution in [3.8, 4) is 5.75 Å². The highest BCUT2D eigenvalue weighted by molar-refractivity contribution is 7.91. The lowest BCUT2D eigenvalue weighted by Crippen LogP contribution is -2.29. The predicted octanol–water partition coefficient (Wildman–Crippen LogP) is 2.99. The molecule has 0 aliphatic carbocycles. The Hall–Kier alpha value is -2.94. The molecule has 0 fully saturated rings. The van der Waals surface area contributed by atoms with Crippen LogP contribution in [-0.2, 0) is 21.4 Å². The number of carboxylic acid groups (broad SMARTS) is 1. The van der Waals surface area contributed by atoms with Gasteiger partial charge >= 0.3 is 16.2 Å². The number of aliphatic hydroxyl groups excluding tert-OH is 1. The standard InChI is InChI=1S/C19H22N2O6S/c1-19(2,18(24)25)7-3-4-12-5-6-13-10-16(22)15(9-14(13)8-12)21-11-17(23)20-28(21,26)27/h5-6,8-11,20,22-23H,3-4,7H2,1-2H3,(H,24,25). The van der Waals surface area contributed by atoms with Crippen molar-refractivity contribution in [3.05, 3.63) is 48.0 Å². The number of aliphatic carboxylic acids is 1. The van der Waals surface area contributed by atoms with E-state index in [0.29, 0.717) is 19.3 Å². The van der Waals surface area contributed by atoms with Crippen LogP contribution in [0.1, 0.15) is 32.3 Å². The number of nitrogens with one attached hydrogen (secondary N) is 1. The Balaban J connectivity index is 1.88. The second kappa shape index (κ2) is 6.90. The molecule has 2 aromatic rings. The first-order chi connectivity index (χ1) is 13.0. The fourth-order valence-corrected chi connectivity index (χ4v) is 4.14. The van der Waals surface area contributed by atoms with E-state index >= 15 is 0 Å². The molecule has 0 aromatic heterocycles. The van der Waals surface area contributed by atoms with E-state index in [9.17, 15) is 28.5 Å². The maximum absolute atomic E-state index is 12.1. The maximum atomic E-state index is 12.1. The zero-order valence-electron chi connectivity index (χ0n) is 15.5. The number of carboxylic acids is 1. The number of aliphatic hydroxyl groups is 1. The van der Waals surface area contributed by atoms with Crippen LogP contribution in [0.4, 0.5) is 5.69 Å². The molecular formula is C19H22N2O6S. The highest BCUT2D eigenvalue weighted by Crippen LogP contribution is 2.36. The first kappa shape index (κ1) is 19.8. The number of phenols is 1. The van der Waals surface area contributed by atoms with Gasteiger partial charge in [-0.2, -0.15) is 8.42 Å². The molecule has 1 aliphatic heterocycles. The van der Waals surface area contributed by atoms with E-state index in [-0.39, 0.29) is 11.4 Å². The summed E-state index contributed by atoms with van der Waals surface area (Å²) in [6, 6.07) is 8.59. The van der Waals surface area contributed by atoms with Gasteiger partial charge in [0.25, 0.3) is 0 Å². The number of carbonyl (C=O) groups is 1. The summed E-state index contributed by atoms with van der Waals surface area (Å²) in [6.07, 6.45) is 2.88. The molecule has 1 aliphatic rings. The van der Waals surface area contributed by atoms with Crippen LogP contribution in [0.3, 0.4) is 0 Å². The Kier molecular flexibility index (Phi) is 4.88. The molecule has 0 saturated heterocycles. The average molecular weight is 406 g/mol. The van der Waals surface area contributed by atoms with Gasteiger partial charge in [-0.05, 0) is 61.6 Å². The quantitative estimate of drug-likeness (QED) is 0.584. The van der Waals surface area contributed by atoms with E-state index in [1.54, 1.807) is 13.8 Å². The van der Waals surface area contributed by atoms with Crippen molar-refractivity contribution in [2.24, 2.45) is 5.41 Å². The van der Waals surface area contributed by atoms with Gasteiger partial charge in [-0.25, -0.2) is 9.03 Å². The van der Waals surface area contributed by atoms with E-state index in [2.05, 4.69) is 0 Å². The molecule has 28 heavy (non-hydrogen) atoms. The van der Waals surface area contributed by atoms with Gasteiger partial charge in [0.05, 0.1) is 11.6 Å². The number of aryl methyl sites for hydroxylation is 1. The molecule has 0 amide bonds. The Morgan fingerprint density at radius 2 is 1.86 bits per heavy atom. The van der Waals surface area contributed by atoms with Gasteiger partial charge < -0.3 is 15.3 Å². The number of benzene rings is 2. The number of rotatable bonds is 6. The summed E-state index contributed by atoms with van der Waals surface area (Å²) in [5, 5.41) is 30.3. The van der Waals surface area contributed by atoms with Crippen molar-refractivity contribution in [3.63, 3.8) is 0 Å². The van der Waals surface area contributed by atoms with E-state index < -0.39 is 27.5 Å². The number of anilines is 1. The first-order valence-corrected chi connectivity index (χ1v) is 10.2. The summed E-state index contributed by atoms with van der Waals surface area (Å²) in [4.78, 5) is 11.2. The lowest BCUT2D eigenvalue weighted by atomic mass is 9.86. The van der Waals surface area contributed by atoms with Crippen LogP contribution in [0.5, 0.6) is 5.75 Å². The second-order valence-electron chi connectivity index (χ2n) is 7.48. The molecule has 0 spiro atoms. The average Bonchev–Trinajstić information content (AvgIpc) is 2.86.